The van der Waals surface area contributed by atoms with Crippen LogP contribution in [0, 0.1) is 6.92 Å². The Kier molecular flexibility index (Phi) is 9.13. The fraction of sp³-hybridized carbons (Fsp3) is 0.647. The lowest BCUT2D eigenvalue weighted by atomic mass is 9.98. The topological polar surface area (TPSA) is 43.4 Å². The van der Waals surface area contributed by atoms with Gasteiger partial charge in [0.1, 0.15) is 0 Å². The second-order valence-electron chi connectivity index (χ2n) is 6.74. The summed E-state index contributed by atoms with van der Waals surface area (Å²) in [5.74, 6) is -19.2. The summed E-state index contributed by atoms with van der Waals surface area (Å²) >= 11 is 1.24. The molecule has 1 aromatic carbocycles. The molecule has 180 valence electrons. The third-order valence-electron chi connectivity index (χ3n) is 4.15. The lowest BCUT2D eigenvalue weighted by Crippen LogP contribution is -2.61. The van der Waals surface area contributed by atoms with Crippen LogP contribution in [0.25, 0.3) is 0 Å². The Labute approximate surface area is 186 Å². The number of aryl methyl sites for hydroxylation is 1. The highest BCUT2D eigenvalue weighted by molar-refractivity contribution is 14.1. The fourth-order valence-corrected chi connectivity index (χ4v) is 4.26. The van der Waals surface area contributed by atoms with Gasteiger partial charge in [-0.05, 0) is 31.9 Å². The summed E-state index contributed by atoms with van der Waals surface area (Å²) in [7, 11) is -4.07. The van der Waals surface area contributed by atoms with Crippen LogP contribution in [0.5, 0.6) is 0 Å². The number of benzene rings is 1. The predicted octanol–water partition coefficient (Wildman–Crippen LogP) is 6.53. The molecule has 3 nitrogen and oxygen atoms in total. The molecule has 0 heterocycles. The fourth-order valence-electron chi connectivity index (χ4n) is 2.33. The highest BCUT2D eigenvalue weighted by Crippen LogP contribution is 2.54. The lowest BCUT2D eigenvalue weighted by Gasteiger charge is -2.34. The van der Waals surface area contributed by atoms with Crippen LogP contribution < -0.4 is 0 Å². The van der Waals surface area contributed by atoms with Gasteiger partial charge in [-0.2, -0.15) is 47.9 Å². The van der Waals surface area contributed by atoms with Gasteiger partial charge in [-0.15, -0.1) is 0 Å². The number of rotatable bonds is 11. The smallest absolute Gasteiger partial charge is 0.266 e. The number of hydrogen-bond acceptors (Lipinski definition) is 3. The van der Waals surface area contributed by atoms with Gasteiger partial charge in [0, 0.05) is 10.3 Å². The third kappa shape index (κ3) is 6.85. The van der Waals surface area contributed by atoms with Gasteiger partial charge in [-0.25, -0.2) is 0 Å². The summed E-state index contributed by atoms with van der Waals surface area (Å²) in [6, 6.07) is 5.69. The van der Waals surface area contributed by atoms with Crippen molar-refractivity contribution in [1.82, 2.24) is 0 Å². The minimum Gasteiger partial charge on any atom is -0.266 e. The molecule has 1 unspecified atom stereocenters. The maximum absolute atomic E-state index is 13.6. The van der Waals surface area contributed by atoms with Crippen molar-refractivity contribution in [3.63, 3.8) is 0 Å². The molecule has 0 radical (unpaired) electrons. The summed E-state index contributed by atoms with van der Waals surface area (Å²) < 4.78 is 143. The summed E-state index contributed by atoms with van der Waals surface area (Å²) in [6.45, 7) is 1.37. The standard InChI is InChI=1S/C17H18F9IO3S/c1-11-5-7-13(8-6-11)31(28,29)30-9-3-2-4-12(27)10-14(18,19)15(20,21)16(22,23)17(24,25)26/h5-8,12H,2-4,9-10H2,1H3. The number of halogens is 10. The molecular formula is C17H18F9IO3S. The Morgan fingerprint density at radius 1 is 0.903 bits per heavy atom. The maximum atomic E-state index is 13.6. The SMILES string of the molecule is Cc1ccc(S(=O)(=O)OCCCCC(I)CC(F)(F)C(F)(F)C(F)(F)C(F)(F)F)cc1. The lowest BCUT2D eigenvalue weighted by molar-refractivity contribution is -0.396. The summed E-state index contributed by atoms with van der Waals surface area (Å²) in [5.41, 5.74) is 0.808. The zero-order valence-corrected chi connectivity index (χ0v) is 18.8. The van der Waals surface area contributed by atoms with Gasteiger partial charge < -0.3 is 0 Å². The Morgan fingerprint density at radius 2 is 1.42 bits per heavy atom. The first-order valence-corrected chi connectivity index (χ1v) is 11.3. The molecule has 0 saturated heterocycles. The summed E-state index contributed by atoms with van der Waals surface area (Å²) in [5, 5.41) is 0. The van der Waals surface area contributed by atoms with Crippen molar-refractivity contribution < 1.29 is 52.1 Å². The van der Waals surface area contributed by atoms with Gasteiger partial charge in [0.15, 0.2) is 0 Å². The van der Waals surface area contributed by atoms with Crippen molar-refractivity contribution in [3.05, 3.63) is 29.8 Å². The van der Waals surface area contributed by atoms with Crippen molar-refractivity contribution in [2.45, 2.75) is 65.4 Å². The minimum atomic E-state index is -6.90. The normalized spacial score (nSPS) is 15.2. The Bertz CT molecular complexity index is 824. The molecule has 0 aromatic heterocycles. The van der Waals surface area contributed by atoms with E-state index in [-0.39, 0.29) is 30.8 Å². The van der Waals surface area contributed by atoms with E-state index < -0.39 is 44.4 Å². The molecular weight excluding hydrogens is 582 g/mol. The van der Waals surface area contributed by atoms with Crippen molar-refractivity contribution in [1.29, 1.82) is 0 Å². The molecule has 0 spiro atoms. The van der Waals surface area contributed by atoms with Crippen molar-refractivity contribution >= 4 is 32.7 Å². The van der Waals surface area contributed by atoms with E-state index in [2.05, 4.69) is 0 Å². The second-order valence-corrected chi connectivity index (χ2v) is 10.1. The molecule has 0 amide bonds. The third-order valence-corrected chi connectivity index (χ3v) is 6.54. The quantitative estimate of drug-likeness (QED) is 0.0955. The summed E-state index contributed by atoms with van der Waals surface area (Å²) in [4.78, 5) is -0.114. The molecule has 14 heteroatoms. The predicted molar refractivity (Wildman–Crippen MR) is 101 cm³/mol. The van der Waals surface area contributed by atoms with E-state index in [0.29, 0.717) is 0 Å². The molecule has 1 atom stereocenters. The Balaban J connectivity index is 2.56. The van der Waals surface area contributed by atoms with E-state index in [1.165, 1.54) is 46.9 Å². The van der Waals surface area contributed by atoms with Gasteiger partial charge in [-0.1, -0.05) is 46.7 Å². The van der Waals surface area contributed by atoms with Crippen LogP contribution in [0.15, 0.2) is 29.2 Å². The van der Waals surface area contributed by atoms with Crippen molar-refractivity contribution in [3.8, 4) is 0 Å². The molecule has 1 aromatic rings. The largest absolute Gasteiger partial charge is 0.460 e. The maximum Gasteiger partial charge on any atom is 0.460 e. The van der Waals surface area contributed by atoms with E-state index in [1.807, 2.05) is 0 Å². The van der Waals surface area contributed by atoms with Gasteiger partial charge in [0.05, 0.1) is 11.5 Å². The molecule has 0 saturated carbocycles. The van der Waals surface area contributed by atoms with Crippen molar-refractivity contribution in [2.24, 2.45) is 0 Å². The number of unbranched alkanes of at least 4 members (excludes halogenated alkanes) is 1. The first-order valence-electron chi connectivity index (χ1n) is 8.65. The van der Waals surface area contributed by atoms with Gasteiger partial charge in [0.2, 0.25) is 0 Å². The van der Waals surface area contributed by atoms with Crippen LogP contribution in [-0.2, 0) is 14.3 Å². The van der Waals surface area contributed by atoms with Gasteiger partial charge in [0.25, 0.3) is 10.1 Å². The van der Waals surface area contributed by atoms with Crippen LogP contribution >= 0.6 is 22.6 Å². The average Bonchev–Trinajstić information content (AvgIpc) is 2.60. The van der Waals surface area contributed by atoms with E-state index in [9.17, 15) is 47.9 Å². The number of alkyl halides is 10. The number of hydrogen-bond donors (Lipinski definition) is 0. The van der Waals surface area contributed by atoms with E-state index >= 15 is 0 Å². The highest BCUT2D eigenvalue weighted by atomic mass is 127. The molecule has 0 N–H and O–H groups in total. The highest BCUT2D eigenvalue weighted by Gasteiger charge is 2.81. The zero-order valence-electron chi connectivity index (χ0n) is 15.8. The van der Waals surface area contributed by atoms with E-state index in [1.54, 1.807) is 6.92 Å². The Hall–Kier alpha value is -0.770. The van der Waals surface area contributed by atoms with Crippen LogP contribution in [0.2, 0.25) is 0 Å². The molecule has 0 bridgehead atoms. The monoisotopic (exact) mass is 600 g/mol. The van der Waals surface area contributed by atoms with Crippen LogP contribution in [0.4, 0.5) is 39.5 Å². The van der Waals surface area contributed by atoms with Crippen LogP contribution in [-0.4, -0.2) is 42.9 Å². The van der Waals surface area contributed by atoms with Gasteiger partial charge >= 0.3 is 23.9 Å². The van der Waals surface area contributed by atoms with Crippen LogP contribution in [0.1, 0.15) is 31.2 Å². The average molecular weight is 600 g/mol. The molecule has 1 rings (SSSR count). The summed E-state index contributed by atoms with van der Waals surface area (Å²) in [6.07, 6.45) is -9.06. The molecule has 0 aliphatic heterocycles. The molecule has 0 aliphatic carbocycles. The zero-order chi connectivity index (χ0) is 24.3. The first kappa shape index (κ1) is 28.3. The Morgan fingerprint density at radius 3 is 1.90 bits per heavy atom. The van der Waals surface area contributed by atoms with Gasteiger partial charge in [-0.3, -0.25) is 4.18 Å². The molecule has 31 heavy (non-hydrogen) atoms. The first-order chi connectivity index (χ1) is 13.8. The molecule has 0 fully saturated rings. The van der Waals surface area contributed by atoms with E-state index in [4.69, 9.17) is 4.18 Å². The van der Waals surface area contributed by atoms with E-state index in [0.717, 1.165) is 5.56 Å². The van der Waals surface area contributed by atoms with Crippen molar-refractivity contribution in [2.75, 3.05) is 6.61 Å². The molecule has 0 aliphatic rings. The minimum absolute atomic E-state index is 0.00866. The van der Waals surface area contributed by atoms with Crippen LogP contribution in [0.3, 0.4) is 0 Å². The second kappa shape index (κ2) is 10.0.